The van der Waals surface area contributed by atoms with Gasteiger partial charge in [0.25, 0.3) is 0 Å². The van der Waals surface area contributed by atoms with Gasteiger partial charge < -0.3 is 15.4 Å². The molecule has 0 unspecified atom stereocenters. The van der Waals surface area contributed by atoms with Crippen LogP contribution < -0.4 is 10.6 Å². The monoisotopic (exact) mass is 239 g/mol. The Bertz CT molecular complexity index is 395. The molecule has 0 aliphatic carbocycles. The van der Waals surface area contributed by atoms with E-state index in [9.17, 15) is 4.39 Å². The minimum atomic E-state index is -0.365. The highest BCUT2D eigenvalue weighted by molar-refractivity contribution is 5.95. The van der Waals surface area contributed by atoms with Crippen molar-refractivity contribution < 1.29 is 9.13 Å². The van der Waals surface area contributed by atoms with Gasteiger partial charge in [-0.1, -0.05) is 0 Å². The highest BCUT2D eigenvalue weighted by Gasteiger charge is 2.11. The molecule has 4 nitrogen and oxygen atoms in total. The summed E-state index contributed by atoms with van der Waals surface area (Å²) < 4.78 is 18.8. The van der Waals surface area contributed by atoms with Crippen LogP contribution in [0.25, 0.3) is 0 Å². The molecule has 0 atom stereocenters. The first-order valence-corrected chi connectivity index (χ1v) is 5.48. The van der Waals surface area contributed by atoms with Crippen LogP contribution in [-0.2, 0) is 4.74 Å². The van der Waals surface area contributed by atoms with Crippen LogP contribution in [0.2, 0.25) is 0 Å². The molecule has 94 valence electrons. The second-order valence-electron chi connectivity index (χ2n) is 3.65. The van der Waals surface area contributed by atoms with E-state index in [1.165, 1.54) is 6.07 Å². The number of amidine groups is 1. The third-order valence-corrected chi connectivity index (χ3v) is 2.55. The Labute approximate surface area is 101 Å². The molecule has 0 saturated carbocycles. The molecule has 0 aromatic heterocycles. The fourth-order valence-electron chi connectivity index (χ4n) is 1.58. The Balaban J connectivity index is 2.92. The van der Waals surface area contributed by atoms with E-state index in [-0.39, 0.29) is 11.7 Å². The molecule has 0 amide bonds. The van der Waals surface area contributed by atoms with Gasteiger partial charge in [-0.05, 0) is 25.1 Å². The highest BCUT2D eigenvalue weighted by atomic mass is 19.1. The summed E-state index contributed by atoms with van der Waals surface area (Å²) in [7, 11) is 1.61. The molecule has 0 saturated heterocycles. The van der Waals surface area contributed by atoms with Crippen molar-refractivity contribution >= 4 is 11.5 Å². The van der Waals surface area contributed by atoms with Crippen LogP contribution >= 0.6 is 0 Å². The molecule has 0 aliphatic heterocycles. The highest BCUT2D eigenvalue weighted by Crippen LogP contribution is 2.20. The van der Waals surface area contributed by atoms with Gasteiger partial charge in [0.15, 0.2) is 0 Å². The number of nitrogens with zero attached hydrogens (tertiary/aromatic N) is 1. The van der Waals surface area contributed by atoms with Gasteiger partial charge in [0.05, 0.1) is 12.3 Å². The van der Waals surface area contributed by atoms with E-state index >= 15 is 0 Å². The molecule has 1 aromatic carbocycles. The Kier molecular flexibility index (Phi) is 4.90. The van der Waals surface area contributed by atoms with Crippen molar-refractivity contribution in [2.24, 2.45) is 5.73 Å². The number of methoxy groups -OCH3 is 1. The maximum absolute atomic E-state index is 13.8. The Morgan fingerprint density at radius 3 is 2.71 bits per heavy atom. The summed E-state index contributed by atoms with van der Waals surface area (Å²) in [6, 6.07) is 4.58. The molecular formula is C12H18FN3O. The lowest BCUT2D eigenvalue weighted by atomic mass is 10.1. The molecule has 0 fully saturated rings. The normalized spacial score (nSPS) is 10.3. The van der Waals surface area contributed by atoms with Gasteiger partial charge in [-0.2, -0.15) is 0 Å². The molecule has 0 heterocycles. The number of halogens is 1. The van der Waals surface area contributed by atoms with E-state index in [2.05, 4.69) is 0 Å². The number of nitrogen functional groups attached to an aromatic ring is 1. The van der Waals surface area contributed by atoms with E-state index in [1.54, 1.807) is 19.2 Å². The largest absolute Gasteiger partial charge is 0.384 e. The summed E-state index contributed by atoms with van der Waals surface area (Å²) in [4.78, 5) is 1.88. The summed E-state index contributed by atoms with van der Waals surface area (Å²) in [5.41, 5.74) is 6.21. The number of ether oxygens (including phenoxy) is 1. The van der Waals surface area contributed by atoms with Crippen LogP contribution in [-0.4, -0.2) is 32.6 Å². The third-order valence-electron chi connectivity index (χ3n) is 2.55. The second-order valence-corrected chi connectivity index (χ2v) is 3.65. The van der Waals surface area contributed by atoms with Gasteiger partial charge in [-0.25, -0.2) is 4.39 Å². The lowest BCUT2D eigenvalue weighted by Crippen LogP contribution is -2.27. The lowest BCUT2D eigenvalue weighted by Gasteiger charge is -2.23. The molecule has 0 aliphatic rings. The van der Waals surface area contributed by atoms with E-state index in [0.717, 1.165) is 0 Å². The van der Waals surface area contributed by atoms with Crippen molar-refractivity contribution in [3.63, 3.8) is 0 Å². The van der Waals surface area contributed by atoms with Crippen LogP contribution in [0.4, 0.5) is 10.1 Å². The predicted octanol–water partition coefficient (Wildman–Crippen LogP) is 1.58. The zero-order valence-corrected chi connectivity index (χ0v) is 10.2. The number of hydrogen-bond acceptors (Lipinski definition) is 3. The molecule has 1 aromatic rings. The number of nitrogens with two attached hydrogens (primary N) is 1. The maximum atomic E-state index is 13.8. The van der Waals surface area contributed by atoms with Crippen LogP contribution in [0, 0.1) is 11.2 Å². The number of likely N-dealkylation sites (N-methyl/N-ethyl adjacent to an activating group) is 1. The number of anilines is 1. The molecule has 1 rings (SSSR count). The van der Waals surface area contributed by atoms with Crippen molar-refractivity contribution in [1.29, 1.82) is 5.41 Å². The Morgan fingerprint density at radius 1 is 1.53 bits per heavy atom. The first-order chi connectivity index (χ1) is 8.10. The average molecular weight is 239 g/mol. The molecule has 0 radical (unpaired) electrons. The SMILES string of the molecule is CCN(CCOC)c1ccc(C(=N)N)cc1F. The van der Waals surface area contributed by atoms with Crippen molar-refractivity contribution in [3.05, 3.63) is 29.6 Å². The van der Waals surface area contributed by atoms with E-state index < -0.39 is 0 Å². The standard InChI is InChI=1S/C12H18FN3O/c1-3-16(6-7-17-2)11-5-4-9(12(14)15)8-10(11)13/h4-5,8H,3,6-7H2,1-2H3,(H3,14,15). The number of rotatable bonds is 6. The zero-order valence-electron chi connectivity index (χ0n) is 10.2. The van der Waals surface area contributed by atoms with Gasteiger partial charge in [0.2, 0.25) is 0 Å². The minimum Gasteiger partial charge on any atom is -0.384 e. The van der Waals surface area contributed by atoms with Gasteiger partial charge >= 0.3 is 0 Å². The summed E-state index contributed by atoms with van der Waals surface area (Å²) in [6.07, 6.45) is 0. The van der Waals surface area contributed by atoms with Crippen molar-refractivity contribution in [2.75, 3.05) is 31.7 Å². The minimum absolute atomic E-state index is 0.129. The Hall–Kier alpha value is -1.62. The van der Waals surface area contributed by atoms with E-state index in [4.69, 9.17) is 15.9 Å². The third kappa shape index (κ3) is 3.42. The van der Waals surface area contributed by atoms with Crippen molar-refractivity contribution in [1.82, 2.24) is 0 Å². The average Bonchev–Trinajstić information content (AvgIpc) is 2.31. The van der Waals surface area contributed by atoms with Crippen LogP contribution in [0.15, 0.2) is 18.2 Å². The predicted molar refractivity (Wildman–Crippen MR) is 67.2 cm³/mol. The Morgan fingerprint density at radius 2 is 2.24 bits per heavy atom. The number of benzene rings is 1. The summed E-state index contributed by atoms with van der Waals surface area (Å²) in [5, 5.41) is 7.24. The number of hydrogen-bond donors (Lipinski definition) is 2. The molecule has 17 heavy (non-hydrogen) atoms. The fraction of sp³-hybridized carbons (Fsp3) is 0.417. The first-order valence-electron chi connectivity index (χ1n) is 5.48. The topological polar surface area (TPSA) is 62.3 Å². The van der Waals surface area contributed by atoms with Gasteiger partial charge in [0, 0.05) is 25.8 Å². The van der Waals surface area contributed by atoms with E-state index in [1.807, 2.05) is 11.8 Å². The molecule has 3 N–H and O–H groups in total. The second kappa shape index (κ2) is 6.20. The lowest BCUT2D eigenvalue weighted by molar-refractivity contribution is 0.205. The quantitative estimate of drug-likeness (QED) is 0.585. The summed E-state index contributed by atoms with van der Waals surface area (Å²) in [5.74, 6) is -0.494. The summed E-state index contributed by atoms with van der Waals surface area (Å²) in [6.45, 7) is 3.82. The van der Waals surface area contributed by atoms with Gasteiger partial charge in [-0.15, -0.1) is 0 Å². The first kappa shape index (κ1) is 13.4. The van der Waals surface area contributed by atoms with Gasteiger partial charge in [-0.3, -0.25) is 5.41 Å². The molecule has 0 spiro atoms. The van der Waals surface area contributed by atoms with Crippen LogP contribution in [0.3, 0.4) is 0 Å². The zero-order chi connectivity index (χ0) is 12.8. The fourth-order valence-corrected chi connectivity index (χ4v) is 1.58. The van der Waals surface area contributed by atoms with Crippen LogP contribution in [0.5, 0.6) is 0 Å². The van der Waals surface area contributed by atoms with Crippen molar-refractivity contribution in [2.45, 2.75) is 6.92 Å². The maximum Gasteiger partial charge on any atom is 0.147 e. The summed E-state index contributed by atoms with van der Waals surface area (Å²) >= 11 is 0. The molecule has 0 bridgehead atoms. The molecule has 5 heteroatoms. The molecular weight excluding hydrogens is 221 g/mol. The number of nitrogens with one attached hydrogen (secondary N) is 1. The van der Waals surface area contributed by atoms with Crippen LogP contribution in [0.1, 0.15) is 12.5 Å². The van der Waals surface area contributed by atoms with Crippen molar-refractivity contribution in [3.8, 4) is 0 Å². The smallest absolute Gasteiger partial charge is 0.147 e. The van der Waals surface area contributed by atoms with Gasteiger partial charge in [0.1, 0.15) is 11.7 Å². The van der Waals surface area contributed by atoms with E-state index in [0.29, 0.717) is 30.9 Å².